The van der Waals surface area contributed by atoms with Crippen LogP contribution < -0.4 is 0 Å². The van der Waals surface area contributed by atoms with E-state index in [1.54, 1.807) is 0 Å². The molecule has 0 fully saturated rings. The van der Waals surface area contributed by atoms with Crippen molar-refractivity contribution in [3.05, 3.63) is 0 Å². The molecule has 1 N–H and O–H groups in total. The lowest BCUT2D eigenvalue weighted by molar-refractivity contribution is -0.381. The van der Waals surface area contributed by atoms with E-state index in [0.29, 0.717) is 13.8 Å². The molecule has 0 spiro atoms. The maximum Gasteiger partial charge on any atom is 0.426 e. The summed E-state index contributed by atoms with van der Waals surface area (Å²) in [5.74, 6) is -1.98. The van der Waals surface area contributed by atoms with Gasteiger partial charge in [0.2, 0.25) is 0 Å². The Morgan fingerprint density at radius 1 is 0.846 bits per heavy atom. The van der Waals surface area contributed by atoms with Crippen molar-refractivity contribution < 1.29 is 31.4 Å². The molecule has 0 rings (SSSR count). The molecule has 0 aliphatic carbocycles. The van der Waals surface area contributed by atoms with E-state index in [1.807, 2.05) is 0 Å². The van der Waals surface area contributed by atoms with Crippen molar-refractivity contribution in [2.45, 2.75) is 31.8 Å². The van der Waals surface area contributed by atoms with Gasteiger partial charge in [-0.2, -0.15) is 26.3 Å². The average Bonchev–Trinajstić information content (AvgIpc) is 1.80. The Kier molecular flexibility index (Phi) is 2.93. The fourth-order valence-electron chi connectivity index (χ4n) is 0.815. The van der Waals surface area contributed by atoms with E-state index in [2.05, 4.69) is 0 Å². The summed E-state index contributed by atoms with van der Waals surface area (Å²) in [6.45, 7) is 1.31. The van der Waals surface area contributed by atoms with Crippen LogP contribution in [-0.4, -0.2) is 23.1 Å². The Bertz CT molecular complexity index is 165. The monoisotopic (exact) mass is 210 g/mol. The van der Waals surface area contributed by atoms with Crippen LogP contribution in [0.2, 0.25) is 0 Å². The van der Waals surface area contributed by atoms with Gasteiger partial charge in [0.1, 0.15) is 0 Å². The highest BCUT2D eigenvalue weighted by molar-refractivity contribution is 4.96. The lowest BCUT2D eigenvalue weighted by Crippen LogP contribution is -2.60. The Morgan fingerprint density at radius 3 is 1.08 bits per heavy atom. The van der Waals surface area contributed by atoms with Crippen LogP contribution in [0, 0.1) is 5.92 Å². The van der Waals surface area contributed by atoms with E-state index >= 15 is 0 Å². The van der Waals surface area contributed by atoms with Crippen LogP contribution in [0.15, 0.2) is 0 Å². The second-order valence-electron chi connectivity index (χ2n) is 2.92. The molecule has 0 heterocycles. The van der Waals surface area contributed by atoms with E-state index in [9.17, 15) is 26.3 Å². The van der Waals surface area contributed by atoms with Gasteiger partial charge in [0.05, 0.1) is 0 Å². The summed E-state index contributed by atoms with van der Waals surface area (Å²) in [6.07, 6.45) is -11.4. The van der Waals surface area contributed by atoms with Gasteiger partial charge >= 0.3 is 12.4 Å². The van der Waals surface area contributed by atoms with Crippen LogP contribution >= 0.6 is 0 Å². The highest BCUT2D eigenvalue weighted by atomic mass is 19.4. The third-order valence-electron chi connectivity index (χ3n) is 1.70. The largest absolute Gasteiger partial charge is 0.426 e. The Balaban J connectivity index is 5.22. The number of alkyl halides is 6. The van der Waals surface area contributed by atoms with Gasteiger partial charge in [-0.3, -0.25) is 0 Å². The third-order valence-corrected chi connectivity index (χ3v) is 1.70. The summed E-state index contributed by atoms with van der Waals surface area (Å²) >= 11 is 0. The minimum atomic E-state index is -5.71. The summed E-state index contributed by atoms with van der Waals surface area (Å²) < 4.78 is 71.3. The Hall–Kier alpha value is -0.460. The first-order valence-electron chi connectivity index (χ1n) is 3.30. The molecule has 80 valence electrons. The van der Waals surface area contributed by atoms with Crippen LogP contribution in [-0.2, 0) is 0 Å². The van der Waals surface area contributed by atoms with E-state index < -0.39 is 23.9 Å². The van der Waals surface area contributed by atoms with Crippen molar-refractivity contribution in [1.82, 2.24) is 0 Å². The van der Waals surface area contributed by atoms with Gasteiger partial charge in [-0.1, -0.05) is 13.8 Å². The number of halogens is 6. The smallest absolute Gasteiger partial charge is 0.373 e. The minimum Gasteiger partial charge on any atom is -0.373 e. The summed E-state index contributed by atoms with van der Waals surface area (Å²) in [7, 11) is 0. The molecule has 0 aliphatic heterocycles. The maximum atomic E-state index is 11.9. The molecule has 0 unspecified atom stereocenters. The lowest BCUT2D eigenvalue weighted by atomic mass is 9.89. The highest BCUT2D eigenvalue weighted by Gasteiger charge is 2.71. The number of aliphatic hydroxyl groups is 1. The van der Waals surface area contributed by atoms with E-state index in [4.69, 9.17) is 5.11 Å². The molecule has 7 heteroatoms. The number of rotatable bonds is 1. The fourth-order valence-corrected chi connectivity index (χ4v) is 0.815. The van der Waals surface area contributed by atoms with Gasteiger partial charge in [0.15, 0.2) is 0 Å². The molecule has 0 aromatic rings. The summed E-state index contributed by atoms with van der Waals surface area (Å²) in [5, 5.41) is 8.51. The number of hydrogen-bond donors (Lipinski definition) is 1. The summed E-state index contributed by atoms with van der Waals surface area (Å²) in [6, 6.07) is 0. The van der Waals surface area contributed by atoms with Crippen LogP contribution in [0.4, 0.5) is 26.3 Å². The predicted octanol–water partition coefficient (Wildman–Crippen LogP) is 2.50. The van der Waals surface area contributed by atoms with Gasteiger partial charge in [0, 0.05) is 5.92 Å². The molecule has 0 radical (unpaired) electrons. The standard InChI is InChI=1S/C6H8F6O/c1-3(2)4(13,5(7,8)9)6(10,11)12/h3,13H,1-2H3. The SMILES string of the molecule is CC(C)C(O)(C(F)(F)F)C(F)(F)F. The molecule has 0 saturated heterocycles. The lowest BCUT2D eigenvalue weighted by Gasteiger charge is -2.35. The van der Waals surface area contributed by atoms with Gasteiger partial charge in [-0.25, -0.2) is 0 Å². The summed E-state index contributed by atoms with van der Waals surface area (Å²) in [4.78, 5) is 0. The summed E-state index contributed by atoms with van der Waals surface area (Å²) in [5.41, 5.74) is -4.62. The van der Waals surface area contributed by atoms with Crippen molar-refractivity contribution in [1.29, 1.82) is 0 Å². The first-order chi connectivity index (χ1) is 5.44. The van der Waals surface area contributed by atoms with Crippen molar-refractivity contribution in [3.8, 4) is 0 Å². The Morgan fingerprint density at radius 2 is 1.08 bits per heavy atom. The zero-order chi connectivity index (χ0) is 11.1. The molecule has 0 saturated carbocycles. The van der Waals surface area contributed by atoms with Gasteiger partial charge < -0.3 is 5.11 Å². The van der Waals surface area contributed by atoms with E-state index in [-0.39, 0.29) is 0 Å². The van der Waals surface area contributed by atoms with Crippen molar-refractivity contribution in [2.24, 2.45) is 5.92 Å². The quantitative estimate of drug-likeness (QED) is 0.659. The van der Waals surface area contributed by atoms with Crippen LogP contribution in [0.25, 0.3) is 0 Å². The molecule has 13 heavy (non-hydrogen) atoms. The molecule has 0 atom stereocenters. The molecule has 1 nitrogen and oxygen atoms in total. The zero-order valence-electron chi connectivity index (χ0n) is 6.79. The first kappa shape index (κ1) is 12.5. The minimum absolute atomic E-state index is 0.654. The first-order valence-corrected chi connectivity index (χ1v) is 3.30. The molecular formula is C6H8F6O. The predicted molar refractivity (Wildman–Crippen MR) is 31.9 cm³/mol. The van der Waals surface area contributed by atoms with Crippen LogP contribution in [0.5, 0.6) is 0 Å². The van der Waals surface area contributed by atoms with Crippen LogP contribution in [0.1, 0.15) is 13.8 Å². The Labute approximate surface area is 70.4 Å². The van der Waals surface area contributed by atoms with Gasteiger partial charge in [-0.05, 0) is 0 Å². The number of hydrogen-bond acceptors (Lipinski definition) is 1. The van der Waals surface area contributed by atoms with Gasteiger partial charge in [0.25, 0.3) is 5.60 Å². The maximum absolute atomic E-state index is 11.9. The van der Waals surface area contributed by atoms with Gasteiger partial charge in [-0.15, -0.1) is 0 Å². The molecule has 0 aromatic heterocycles. The van der Waals surface area contributed by atoms with Crippen molar-refractivity contribution in [3.63, 3.8) is 0 Å². The van der Waals surface area contributed by atoms with E-state index in [0.717, 1.165) is 0 Å². The molecular weight excluding hydrogens is 202 g/mol. The van der Waals surface area contributed by atoms with E-state index in [1.165, 1.54) is 0 Å². The molecule has 0 aliphatic rings. The topological polar surface area (TPSA) is 20.2 Å². The zero-order valence-corrected chi connectivity index (χ0v) is 6.79. The second kappa shape index (κ2) is 3.04. The van der Waals surface area contributed by atoms with Crippen molar-refractivity contribution >= 4 is 0 Å². The van der Waals surface area contributed by atoms with Crippen molar-refractivity contribution in [2.75, 3.05) is 0 Å². The molecule has 0 bridgehead atoms. The second-order valence-corrected chi connectivity index (χ2v) is 2.92. The average molecular weight is 210 g/mol. The van der Waals surface area contributed by atoms with Crippen LogP contribution in [0.3, 0.4) is 0 Å². The highest BCUT2D eigenvalue weighted by Crippen LogP contribution is 2.47. The normalized spacial score (nSPS) is 15.2. The molecule has 0 amide bonds. The third kappa shape index (κ3) is 1.90. The molecule has 0 aromatic carbocycles. The fraction of sp³-hybridized carbons (Fsp3) is 1.00.